The molecule has 0 fully saturated rings. The van der Waals surface area contributed by atoms with Gasteiger partial charge in [0.25, 0.3) is 5.56 Å². The number of methoxy groups -OCH3 is 1. The van der Waals surface area contributed by atoms with Gasteiger partial charge in [-0.25, -0.2) is 9.79 Å². The molecule has 4 rings (SSSR count). The van der Waals surface area contributed by atoms with Crippen molar-refractivity contribution >= 4 is 50.9 Å². The van der Waals surface area contributed by atoms with Crippen molar-refractivity contribution in [2.75, 3.05) is 20.3 Å². The van der Waals surface area contributed by atoms with Crippen molar-refractivity contribution in [1.82, 2.24) is 4.57 Å². The summed E-state index contributed by atoms with van der Waals surface area (Å²) in [5.74, 6) is 0.602. The lowest BCUT2D eigenvalue weighted by Gasteiger charge is -2.25. The Morgan fingerprint density at radius 1 is 1.25 bits per heavy atom. The Balaban J connectivity index is 1.94. The van der Waals surface area contributed by atoms with E-state index in [9.17, 15) is 9.59 Å². The zero-order chi connectivity index (χ0) is 26.0. The standard InChI is InChI=1S/C26H24BrClN2O5S/c1-5-34-23-17(27)11-15(12-19(23)33-4)13-20-24(31)30-22(16-9-7-8-10-18(16)28)21(25(32)35-6-2)14(3)29-26(30)36-20/h7-13,22H,5-6H2,1-4H3/b20-13+. The lowest BCUT2D eigenvalue weighted by molar-refractivity contribution is -0.139. The van der Waals surface area contributed by atoms with Gasteiger partial charge in [-0.2, -0.15) is 0 Å². The number of fused-ring (bicyclic) bond motifs is 1. The first-order valence-corrected chi connectivity index (χ1v) is 13.2. The predicted molar refractivity (Wildman–Crippen MR) is 144 cm³/mol. The monoisotopic (exact) mass is 590 g/mol. The van der Waals surface area contributed by atoms with Crippen molar-refractivity contribution in [3.63, 3.8) is 0 Å². The molecule has 1 unspecified atom stereocenters. The summed E-state index contributed by atoms with van der Waals surface area (Å²) in [6.07, 6.45) is 1.76. The van der Waals surface area contributed by atoms with Crippen LogP contribution in [0.5, 0.6) is 11.5 Å². The smallest absolute Gasteiger partial charge is 0.338 e. The van der Waals surface area contributed by atoms with Crippen molar-refractivity contribution in [3.8, 4) is 11.5 Å². The SMILES string of the molecule is CCOC(=O)C1=C(C)N=c2s/c(=C/c3cc(Br)c(OCC)c(OC)c3)c(=O)n2C1c1ccccc1Cl. The van der Waals surface area contributed by atoms with Crippen molar-refractivity contribution in [2.45, 2.75) is 26.8 Å². The van der Waals surface area contributed by atoms with Gasteiger partial charge >= 0.3 is 5.97 Å². The zero-order valence-electron chi connectivity index (χ0n) is 20.1. The molecule has 2 heterocycles. The summed E-state index contributed by atoms with van der Waals surface area (Å²) in [5.41, 5.74) is 1.84. The summed E-state index contributed by atoms with van der Waals surface area (Å²) >= 11 is 11.3. The maximum atomic E-state index is 13.8. The summed E-state index contributed by atoms with van der Waals surface area (Å²) in [6.45, 7) is 6.04. The Kier molecular flexibility index (Phi) is 8.02. The first-order valence-electron chi connectivity index (χ1n) is 11.2. The first kappa shape index (κ1) is 26.2. The van der Waals surface area contributed by atoms with Crippen LogP contribution in [0.25, 0.3) is 6.08 Å². The van der Waals surface area contributed by atoms with E-state index < -0.39 is 12.0 Å². The third-order valence-corrected chi connectivity index (χ3v) is 7.47. The number of allylic oxidation sites excluding steroid dienone is 1. The Labute approximate surface area is 225 Å². The molecule has 0 bridgehead atoms. The van der Waals surface area contributed by atoms with Gasteiger partial charge in [0.05, 0.1) is 40.6 Å². The average Bonchev–Trinajstić information content (AvgIpc) is 3.14. The van der Waals surface area contributed by atoms with E-state index in [0.29, 0.717) is 48.2 Å². The van der Waals surface area contributed by atoms with Crippen molar-refractivity contribution < 1.29 is 19.0 Å². The van der Waals surface area contributed by atoms with Gasteiger partial charge < -0.3 is 14.2 Å². The van der Waals surface area contributed by atoms with E-state index in [4.69, 9.17) is 25.8 Å². The quantitative estimate of drug-likeness (QED) is 0.375. The molecule has 0 saturated heterocycles. The van der Waals surface area contributed by atoms with Gasteiger partial charge in [-0.15, -0.1) is 0 Å². The van der Waals surface area contributed by atoms with Crippen molar-refractivity contribution in [3.05, 3.63) is 88.0 Å². The number of hydrogen-bond acceptors (Lipinski definition) is 7. The number of aromatic nitrogens is 1. The van der Waals surface area contributed by atoms with Crippen LogP contribution in [0.1, 0.15) is 37.9 Å². The normalized spacial score (nSPS) is 15.4. The van der Waals surface area contributed by atoms with Crippen LogP contribution in [-0.2, 0) is 9.53 Å². The number of ether oxygens (including phenoxy) is 3. The van der Waals surface area contributed by atoms with Gasteiger partial charge in [0.15, 0.2) is 16.3 Å². The second kappa shape index (κ2) is 11.0. The fourth-order valence-electron chi connectivity index (χ4n) is 4.04. The molecule has 1 atom stereocenters. The van der Waals surface area contributed by atoms with Crippen LogP contribution in [-0.4, -0.2) is 30.9 Å². The molecular weight excluding hydrogens is 568 g/mol. The van der Waals surface area contributed by atoms with E-state index in [-0.39, 0.29) is 17.7 Å². The molecule has 1 aliphatic heterocycles. The predicted octanol–water partition coefficient (Wildman–Crippen LogP) is 4.62. The summed E-state index contributed by atoms with van der Waals surface area (Å²) in [4.78, 5) is 31.8. The van der Waals surface area contributed by atoms with Crippen LogP contribution in [0, 0.1) is 0 Å². The van der Waals surface area contributed by atoms with Crippen LogP contribution in [0.15, 0.2) is 61.9 Å². The molecule has 0 radical (unpaired) electrons. The second-order valence-electron chi connectivity index (χ2n) is 7.79. The summed E-state index contributed by atoms with van der Waals surface area (Å²) in [6, 6.07) is 10.0. The van der Waals surface area contributed by atoms with E-state index in [1.807, 2.05) is 19.1 Å². The largest absolute Gasteiger partial charge is 0.493 e. The highest BCUT2D eigenvalue weighted by Gasteiger charge is 2.34. The average molecular weight is 592 g/mol. The lowest BCUT2D eigenvalue weighted by atomic mass is 9.96. The van der Waals surface area contributed by atoms with Crippen LogP contribution < -0.4 is 24.4 Å². The van der Waals surface area contributed by atoms with Crippen LogP contribution in [0.2, 0.25) is 5.02 Å². The number of halogens is 2. The van der Waals surface area contributed by atoms with Crippen LogP contribution >= 0.6 is 38.9 Å². The number of thiazole rings is 1. The molecule has 0 aliphatic carbocycles. The molecular formula is C26H24BrClN2O5S. The van der Waals surface area contributed by atoms with E-state index in [2.05, 4.69) is 20.9 Å². The van der Waals surface area contributed by atoms with Crippen LogP contribution in [0.3, 0.4) is 0 Å². The molecule has 0 N–H and O–H groups in total. The minimum absolute atomic E-state index is 0.198. The second-order valence-corrected chi connectivity index (χ2v) is 10.1. The molecule has 10 heteroatoms. The summed E-state index contributed by atoms with van der Waals surface area (Å²) in [7, 11) is 1.56. The van der Waals surface area contributed by atoms with E-state index in [1.165, 1.54) is 15.9 Å². The fourth-order valence-corrected chi connectivity index (χ4v) is 5.90. The molecule has 7 nitrogen and oxygen atoms in total. The van der Waals surface area contributed by atoms with E-state index in [0.717, 1.165) is 5.56 Å². The van der Waals surface area contributed by atoms with Gasteiger partial charge in [-0.1, -0.05) is 41.1 Å². The summed E-state index contributed by atoms with van der Waals surface area (Å²) in [5, 5.41) is 0.439. The third kappa shape index (κ3) is 4.87. The lowest BCUT2D eigenvalue weighted by Crippen LogP contribution is -2.40. The highest BCUT2D eigenvalue weighted by molar-refractivity contribution is 9.10. The Morgan fingerprint density at radius 3 is 2.67 bits per heavy atom. The van der Waals surface area contributed by atoms with Gasteiger partial charge in [0.1, 0.15) is 6.04 Å². The minimum atomic E-state index is -0.766. The molecule has 1 aromatic heterocycles. The Bertz CT molecular complexity index is 1540. The molecule has 2 aromatic carbocycles. The highest BCUT2D eigenvalue weighted by atomic mass is 79.9. The minimum Gasteiger partial charge on any atom is -0.493 e. The number of rotatable bonds is 7. The fraction of sp³-hybridized carbons (Fsp3) is 0.269. The van der Waals surface area contributed by atoms with Gasteiger partial charge in [-0.05, 0) is 72.1 Å². The number of hydrogen-bond donors (Lipinski definition) is 0. The molecule has 3 aromatic rings. The van der Waals surface area contributed by atoms with Crippen molar-refractivity contribution in [1.29, 1.82) is 0 Å². The third-order valence-electron chi connectivity index (χ3n) is 5.56. The molecule has 0 spiro atoms. The van der Waals surface area contributed by atoms with Crippen molar-refractivity contribution in [2.24, 2.45) is 4.99 Å². The maximum Gasteiger partial charge on any atom is 0.338 e. The van der Waals surface area contributed by atoms with Gasteiger partial charge in [0.2, 0.25) is 0 Å². The molecule has 36 heavy (non-hydrogen) atoms. The highest BCUT2D eigenvalue weighted by Crippen LogP contribution is 2.37. The van der Waals surface area contributed by atoms with E-state index >= 15 is 0 Å². The Hall–Kier alpha value is -2.88. The number of nitrogens with zero attached hydrogens (tertiary/aromatic N) is 2. The summed E-state index contributed by atoms with van der Waals surface area (Å²) < 4.78 is 19.1. The Morgan fingerprint density at radius 2 is 2.00 bits per heavy atom. The number of esters is 1. The van der Waals surface area contributed by atoms with Crippen LogP contribution in [0.4, 0.5) is 0 Å². The zero-order valence-corrected chi connectivity index (χ0v) is 23.3. The van der Waals surface area contributed by atoms with Gasteiger partial charge in [-0.3, -0.25) is 9.36 Å². The number of carbonyl (C=O) groups excluding carboxylic acids is 1. The number of carbonyl (C=O) groups is 1. The number of benzene rings is 2. The molecule has 0 saturated carbocycles. The maximum absolute atomic E-state index is 13.8. The van der Waals surface area contributed by atoms with E-state index in [1.54, 1.807) is 51.3 Å². The molecule has 1 aliphatic rings. The first-order chi connectivity index (χ1) is 17.3. The topological polar surface area (TPSA) is 79.1 Å². The van der Waals surface area contributed by atoms with Gasteiger partial charge in [0, 0.05) is 5.02 Å². The molecule has 0 amide bonds. The molecule has 188 valence electrons.